The lowest BCUT2D eigenvalue weighted by atomic mass is 10.1. The number of H-pyrrole nitrogens is 1. The molecule has 0 aliphatic heterocycles. The van der Waals surface area contributed by atoms with Crippen molar-refractivity contribution in [2.45, 2.75) is 92.3 Å². The van der Waals surface area contributed by atoms with Gasteiger partial charge >= 0.3 is 5.69 Å². The van der Waals surface area contributed by atoms with E-state index in [1.54, 1.807) is 4.57 Å². The third kappa shape index (κ3) is 5.21. The smallest absolute Gasteiger partial charge is 0.330 e. The van der Waals surface area contributed by atoms with Crippen LogP contribution in [0.4, 0.5) is 0 Å². The summed E-state index contributed by atoms with van der Waals surface area (Å²) < 4.78 is 3.45. The minimum Gasteiger partial charge on any atom is -0.343 e. The molecule has 0 aliphatic rings. The highest BCUT2D eigenvalue weighted by molar-refractivity contribution is 5.77. The van der Waals surface area contributed by atoms with Crippen LogP contribution in [0.5, 0.6) is 0 Å². The molecule has 168 valence electrons. The molecule has 2 heterocycles. The minimum atomic E-state index is -0.425. The number of hydrogen-bond donors (Lipinski definition) is 1. The van der Waals surface area contributed by atoms with Crippen molar-refractivity contribution >= 4 is 17.1 Å². The second kappa shape index (κ2) is 10.6. The molecule has 0 unspecified atom stereocenters. The Labute approximate surface area is 178 Å². The van der Waals surface area contributed by atoms with Gasteiger partial charge in [0.05, 0.1) is 0 Å². The number of carbonyl (C=O) groups excluding carboxylic acids is 1. The monoisotopic (exact) mass is 419 g/mol. The second-order valence-corrected chi connectivity index (χ2v) is 8.44. The van der Waals surface area contributed by atoms with Crippen molar-refractivity contribution in [2.75, 3.05) is 7.05 Å². The number of unbranched alkanes of at least 4 members (excludes halogenated alkanes) is 1. The van der Waals surface area contributed by atoms with Gasteiger partial charge in [-0.05, 0) is 25.2 Å². The molecule has 0 atom stereocenters. The van der Waals surface area contributed by atoms with Gasteiger partial charge in [0, 0.05) is 39.0 Å². The van der Waals surface area contributed by atoms with Crippen molar-refractivity contribution in [2.24, 2.45) is 5.92 Å². The first-order chi connectivity index (χ1) is 14.2. The highest BCUT2D eigenvalue weighted by atomic mass is 16.2. The van der Waals surface area contributed by atoms with E-state index >= 15 is 0 Å². The Hall–Kier alpha value is -2.38. The van der Waals surface area contributed by atoms with E-state index in [1.807, 2.05) is 16.5 Å². The molecule has 0 saturated carbocycles. The summed E-state index contributed by atoms with van der Waals surface area (Å²) in [5.41, 5.74) is 0.0118. The molecule has 8 heteroatoms. The molecule has 2 aromatic heterocycles. The summed E-state index contributed by atoms with van der Waals surface area (Å²) in [7, 11) is 1.85. The molecule has 0 fully saturated rings. The summed E-state index contributed by atoms with van der Waals surface area (Å²) in [4.78, 5) is 46.7. The number of imidazole rings is 1. The molecule has 0 radical (unpaired) electrons. The largest absolute Gasteiger partial charge is 0.343 e. The average Bonchev–Trinajstić information content (AvgIpc) is 3.04. The van der Waals surface area contributed by atoms with Gasteiger partial charge in [-0.1, -0.05) is 41.0 Å². The van der Waals surface area contributed by atoms with Crippen molar-refractivity contribution in [3.63, 3.8) is 0 Å². The molecule has 0 spiro atoms. The fraction of sp³-hybridized carbons (Fsp3) is 0.727. The van der Waals surface area contributed by atoms with Gasteiger partial charge < -0.3 is 9.47 Å². The molecule has 0 aromatic carbocycles. The van der Waals surface area contributed by atoms with E-state index in [1.165, 1.54) is 0 Å². The zero-order valence-electron chi connectivity index (χ0n) is 19.3. The summed E-state index contributed by atoms with van der Waals surface area (Å²) in [5.74, 6) is 1.05. The van der Waals surface area contributed by atoms with Crippen molar-refractivity contribution in [3.8, 4) is 0 Å². The third-order valence-corrected chi connectivity index (χ3v) is 5.69. The number of carbonyl (C=O) groups is 1. The highest BCUT2D eigenvalue weighted by Gasteiger charge is 2.21. The van der Waals surface area contributed by atoms with Crippen LogP contribution in [-0.2, 0) is 24.3 Å². The molecule has 8 nitrogen and oxygen atoms in total. The number of rotatable bonds is 11. The van der Waals surface area contributed by atoms with Gasteiger partial charge in [0.15, 0.2) is 11.2 Å². The standard InChI is InChI=1S/C22H37N5O3/c1-7-10-13-26-20-19(21(29)24-22(26)30)27(14-15(4)5)17(23-20)11-12-18(28)25(6)16(8-2)9-3/h15-16H,7-14H2,1-6H3,(H,24,29,30). The lowest BCUT2D eigenvalue weighted by molar-refractivity contribution is -0.132. The second-order valence-electron chi connectivity index (χ2n) is 8.44. The number of hydrogen-bond acceptors (Lipinski definition) is 4. The topological polar surface area (TPSA) is 93.0 Å². The summed E-state index contributed by atoms with van der Waals surface area (Å²) in [5, 5.41) is 0. The molecular weight excluding hydrogens is 382 g/mol. The quantitative estimate of drug-likeness (QED) is 0.606. The van der Waals surface area contributed by atoms with Crippen LogP contribution in [0.1, 0.15) is 72.5 Å². The van der Waals surface area contributed by atoms with E-state index in [4.69, 9.17) is 4.98 Å². The summed E-state index contributed by atoms with van der Waals surface area (Å²) in [6.45, 7) is 11.5. The lowest BCUT2D eigenvalue weighted by Crippen LogP contribution is -2.36. The van der Waals surface area contributed by atoms with Gasteiger partial charge in [0.2, 0.25) is 5.91 Å². The van der Waals surface area contributed by atoms with E-state index in [9.17, 15) is 14.4 Å². The van der Waals surface area contributed by atoms with Crippen LogP contribution < -0.4 is 11.2 Å². The molecule has 2 aromatic rings. The molecular formula is C22H37N5O3. The molecule has 30 heavy (non-hydrogen) atoms. The summed E-state index contributed by atoms with van der Waals surface area (Å²) in [6.07, 6.45) is 4.36. The van der Waals surface area contributed by atoms with Gasteiger partial charge in [-0.15, -0.1) is 0 Å². The number of fused-ring (bicyclic) bond motifs is 1. The lowest BCUT2D eigenvalue weighted by Gasteiger charge is -2.26. The van der Waals surface area contributed by atoms with E-state index in [0.717, 1.165) is 25.7 Å². The third-order valence-electron chi connectivity index (χ3n) is 5.69. The fourth-order valence-electron chi connectivity index (χ4n) is 3.93. The van der Waals surface area contributed by atoms with Crippen LogP contribution in [0.2, 0.25) is 0 Å². The van der Waals surface area contributed by atoms with E-state index in [-0.39, 0.29) is 11.9 Å². The van der Waals surface area contributed by atoms with E-state index in [0.29, 0.717) is 48.8 Å². The van der Waals surface area contributed by atoms with Crippen LogP contribution in [0.3, 0.4) is 0 Å². The minimum absolute atomic E-state index is 0.0733. The van der Waals surface area contributed by atoms with Crippen molar-refractivity contribution in [3.05, 3.63) is 26.7 Å². The van der Waals surface area contributed by atoms with Crippen molar-refractivity contribution < 1.29 is 4.79 Å². The van der Waals surface area contributed by atoms with Gasteiger partial charge in [0.25, 0.3) is 5.56 Å². The maximum atomic E-state index is 12.7. The number of amides is 1. The predicted molar refractivity (Wildman–Crippen MR) is 120 cm³/mol. The van der Waals surface area contributed by atoms with Gasteiger partial charge in [-0.2, -0.15) is 0 Å². The normalized spacial score (nSPS) is 11.7. The number of aromatic nitrogens is 4. The van der Waals surface area contributed by atoms with Crippen molar-refractivity contribution in [1.82, 2.24) is 24.0 Å². The Bertz CT molecular complexity index is 966. The van der Waals surface area contributed by atoms with Gasteiger partial charge in [0.1, 0.15) is 5.82 Å². The fourth-order valence-corrected chi connectivity index (χ4v) is 3.93. The first-order valence-electron chi connectivity index (χ1n) is 11.2. The molecule has 2 rings (SSSR count). The number of nitrogens with zero attached hydrogens (tertiary/aromatic N) is 4. The average molecular weight is 420 g/mol. The molecule has 0 bridgehead atoms. The van der Waals surface area contributed by atoms with Crippen LogP contribution in [0.25, 0.3) is 11.2 Å². The number of nitrogens with one attached hydrogen (secondary N) is 1. The van der Waals surface area contributed by atoms with Gasteiger partial charge in [-0.25, -0.2) is 9.78 Å². The SMILES string of the molecule is CCCCn1c(=O)[nH]c(=O)c2c1nc(CCC(=O)N(C)C(CC)CC)n2CC(C)C. The van der Waals surface area contributed by atoms with Crippen LogP contribution in [0.15, 0.2) is 9.59 Å². The maximum absolute atomic E-state index is 12.7. The maximum Gasteiger partial charge on any atom is 0.330 e. The van der Waals surface area contributed by atoms with E-state index < -0.39 is 11.2 Å². The Balaban J connectivity index is 2.45. The van der Waals surface area contributed by atoms with Crippen molar-refractivity contribution in [1.29, 1.82) is 0 Å². The highest BCUT2D eigenvalue weighted by Crippen LogP contribution is 2.17. The van der Waals surface area contributed by atoms with Gasteiger partial charge in [-0.3, -0.25) is 19.1 Å². The van der Waals surface area contributed by atoms with Crippen LogP contribution in [-0.4, -0.2) is 43.0 Å². The molecule has 0 saturated heterocycles. The predicted octanol–water partition coefficient (Wildman–Crippen LogP) is 2.92. The van der Waals surface area contributed by atoms with Crippen LogP contribution in [0, 0.1) is 5.92 Å². The Morgan fingerprint density at radius 3 is 2.37 bits per heavy atom. The number of aromatic amines is 1. The molecule has 0 aliphatic carbocycles. The summed E-state index contributed by atoms with van der Waals surface area (Å²) in [6, 6.07) is 0.231. The summed E-state index contributed by atoms with van der Waals surface area (Å²) >= 11 is 0. The first kappa shape index (κ1) is 23.9. The Morgan fingerprint density at radius 1 is 1.13 bits per heavy atom. The molecule has 1 N–H and O–H groups in total. The Morgan fingerprint density at radius 2 is 1.80 bits per heavy atom. The van der Waals surface area contributed by atoms with Crippen LogP contribution >= 0.6 is 0 Å². The number of aryl methyl sites for hydroxylation is 2. The van der Waals surface area contributed by atoms with E-state index in [2.05, 4.69) is 39.6 Å². The molecule has 1 amide bonds. The zero-order valence-corrected chi connectivity index (χ0v) is 19.3. The first-order valence-corrected chi connectivity index (χ1v) is 11.2. The Kier molecular flexibility index (Phi) is 8.43. The zero-order chi connectivity index (χ0) is 22.4.